The number of nitrogens with zero attached hydrogens (tertiary/aromatic N) is 1. The fourth-order valence-corrected chi connectivity index (χ4v) is 2.57. The number of carbonyl (C=O) groups excluding carboxylic acids is 1. The van der Waals surface area contributed by atoms with E-state index in [1.54, 1.807) is 0 Å². The smallest absolute Gasteiger partial charge is 0.348 e. The van der Waals surface area contributed by atoms with E-state index in [1.165, 1.54) is 6.20 Å². The zero-order valence-electron chi connectivity index (χ0n) is 13.7. The Labute approximate surface area is 143 Å². The van der Waals surface area contributed by atoms with E-state index in [0.717, 1.165) is 22.6 Å². The fourth-order valence-electron chi connectivity index (χ4n) is 2.57. The first kappa shape index (κ1) is 18.8. The Kier molecular flexibility index (Phi) is 6.01. The van der Waals surface area contributed by atoms with Crippen LogP contribution in [0.5, 0.6) is 0 Å². The van der Waals surface area contributed by atoms with Gasteiger partial charge in [-0.3, -0.25) is 9.59 Å². The lowest BCUT2D eigenvalue weighted by Crippen LogP contribution is -2.36. The Morgan fingerprint density at radius 1 is 1.16 bits per heavy atom. The van der Waals surface area contributed by atoms with E-state index in [9.17, 15) is 22.8 Å². The van der Waals surface area contributed by atoms with Crippen molar-refractivity contribution in [3.05, 3.63) is 70.1 Å². The highest BCUT2D eigenvalue weighted by molar-refractivity contribution is 5.76. The lowest BCUT2D eigenvalue weighted by Gasteiger charge is -2.19. The van der Waals surface area contributed by atoms with Crippen molar-refractivity contribution in [2.75, 3.05) is 0 Å². The molecule has 0 aliphatic heterocycles. The van der Waals surface area contributed by atoms with Gasteiger partial charge in [0.05, 0.1) is 6.04 Å². The first-order valence-electron chi connectivity index (χ1n) is 7.94. The molecule has 0 fully saturated rings. The van der Waals surface area contributed by atoms with Gasteiger partial charge >= 0.3 is 6.18 Å². The summed E-state index contributed by atoms with van der Waals surface area (Å²) in [7, 11) is 0. The van der Waals surface area contributed by atoms with Crippen LogP contribution < -0.4 is 10.9 Å². The summed E-state index contributed by atoms with van der Waals surface area (Å²) in [6, 6.07) is 10.9. The van der Waals surface area contributed by atoms with Crippen molar-refractivity contribution in [2.24, 2.45) is 0 Å². The summed E-state index contributed by atoms with van der Waals surface area (Å²) in [6.45, 7) is 1.51. The number of amides is 1. The summed E-state index contributed by atoms with van der Waals surface area (Å²) < 4.78 is 39.1. The molecule has 25 heavy (non-hydrogen) atoms. The maximum absolute atomic E-state index is 12.8. The quantitative estimate of drug-likeness (QED) is 0.865. The Bertz CT molecular complexity index is 770. The van der Waals surface area contributed by atoms with Crippen LogP contribution in [0, 0.1) is 0 Å². The van der Waals surface area contributed by atoms with Crippen LogP contribution in [0.25, 0.3) is 0 Å². The summed E-state index contributed by atoms with van der Waals surface area (Å²) in [4.78, 5) is 24.1. The molecule has 0 aliphatic carbocycles. The van der Waals surface area contributed by atoms with Crippen molar-refractivity contribution in [3.8, 4) is 0 Å². The summed E-state index contributed by atoms with van der Waals surface area (Å²) in [6.07, 6.45) is -2.06. The molecule has 0 spiro atoms. The van der Waals surface area contributed by atoms with Crippen molar-refractivity contribution in [3.63, 3.8) is 0 Å². The Hall–Kier alpha value is -2.57. The third-order valence-electron chi connectivity index (χ3n) is 3.75. The van der Waals surface area contributed by atoms with Crippen LogP contribution in [0.4, 0.5) is 13.2 Å². The highest BCUT2D eigenvalue weighted by Crippen LogP contribution is 2.26. The average molecular weight is 352 g/mol. The van der Waals surface area contributed by atoms with E-state index in [4.69, 9.17) is 0 Å². The molecule has 1 amide bonds. The van der Waals surface area contributed by atoms with Gasteiger partial charge in [-0.25, -0.2) is 0 Å². The highest BCUT2D eigenvalue weighted by Gasteiger charge is 2.34. The Balaban J connectivity index is 2.15. The molecule has 0 radical (unpaired) electrons. The molecule has 7 heteroatoms. The highest BCUT2D eigenvalue weighted by atomic mass is 19.4. The average Bonchev–Trinajstić information content (AvgIpc) is 2.56. The molecule has 0 saturated carbocycles. The van der Waals surface area contributed by atoms with E-state index in [0.29, 0.717) is 12.5 Å². The van der Waals surface area contributed by atoms with Gasteiger partial charge in [0.15, 0.2) is 0 Å². The fraction of sp³-hybridized carbons (Fsp3) is 0.333. The molecule has 1 aromatic carbocycles. The van der Waals surface area contributed by atoms with Crippen LogP contribution in [0.1, 0.15) is 36.9 Å². The minimum Gasteiger partial charge on any atom is -0.348 e. The third kappa shape index (κ3) is 4.95. The number of hydrogen-bond acceptors (Lipinski definition) is 2. The SMILES string of the molecule is CCCC(NC(=O)Cn1cccc(C(F)(F)F)c1=O)c1ccccc1. The Morgan fingerprint density at radius 2 is 1.84 bits per heavy atom. The van der Waals surface area contributed by atoms with Gasteiger partial charge < -0.3 is 9.88 Å². The number of halogens is 3. The molecule has 0 aliphatic rings. The van der Waals surface area contributed by atoms with Gasteiger partial charge in [0, 0.05) is 6.20 Å². The normalized spacial score (nSPS) is 12.6. The maximum atomic E-state index is 12.8. The van der Waals surface area contributed by atoms with Crippen molar-refractivity contribution in [1.82, 2.24) is 9.88 Å². The van der Waals surface area contributed by atoms with Crippen LogP contribution >= 0.6 is 0 Å². The Morgan fingerprint density at radius 3 is 2.44 bits per heavy atom. The molecule has 4 nitrogen and oxygen atoms in total. The van der Waals surface area contributed by atoms with Crippen LogP contribution in [0.2, 0.25) is 0 Å². The van der Waals surface area contributed by atoms with Crippen LogP contribution in [0.3, 0.4) is 0 Å². The van der Waals surface area contributed by atoms with Crippen molar-refractivity contribution in [2.45, 2.75) is 38.5 Å². The van der Waals surface area contributed by atoms with E-state index in [2.05, 4.69) is 5.32 Å². The van der Waals surface area contributed by atoms with E-state index in [1.807, 2.05) is 37.3 Å². The number of aromatic nitrogens is 1. The topological polar surface area (TPSA) is 51.1 Å². The predicted octanol–water partition coefficient (Wildman–Crippen LogP) is 3.52. The molecule has 0 bridgehead atoms. The number of nitrogens with one attached hydrogen (secondary N) is 1. The molecular weight excluding hydrogens is 333 g/mol. The zero-order valence-corrected chi connectivity index (χ0v) is 13.7. The molecule has 1 atom stereocenters. The minimum absolute atomic E-state index is 0.250. The maximum Gasteiger partial charge on any atom is 0.421 e. The third-order valence-corrected chi connectivity index (χ3v) is 3.75. The molecule has 1 unspecified atom stereocenters. The zero-order chi connectivity index (χ0) is 18.4. The number of rotatable bonds is 6. The lowest BCUT2D eigenvalue weighted by atomic mass is 10.0. The molecule has 0 saturated heterocycles. The van der Waals surface area contributed by atoms with Crippen molar-refractivity contribution in [1.29, 1.82) is 0 Å². The number of hydrogen-bond donors (Lipinski definition) is 1. The number of carbonyl (C=O) groups is 1. The standard InChI is InChI=1S/C18H19F3N2O2/c1-2-7-15(13-8-4-3-5-9-13)22-16(24)12-23-11-6-10-14(17(23)25)18(19,20)21/h3-6,8-11,15H,2,7,12H2,1H3,(H,22,24). The predicted molar refractivity (Wildman–Crippen MR) is 87.9 cm³/mol. The van der Waals surface area contributed by atoms with Crippen molar-refractivity contribution < 1.29 is 18.0 Å². The van der Waals surface area contributed by atoms with Gasteiger partial charge in [0.25, 0.3) is 5.56 Å². The summed E-state index contributed by atoms with van der Waals surface area (Å²) in [5, 5.41) is 2.79. The van der Waals surface area contributed by atoms with E-state index in [-0.39, 0.29) is 6.04 Å². The lowest BCUT2D eigenvalue weighted by molar-refractivity contribution is -0.139. The largest absolute Gasteiger partial charge is 0.421 e. The molecule has 2 rings (SSSR count). The molecule has 1 N–H and O–H groups in total. The van der Waals surface area contributed by atoms with E-state index >= 15 is 0 Å². The second-order valence-corrected chi connectivity index (χ2v) is 5.67. The summed E-state index contributed by atoms with van der Waals surface area (Å²) >= 11 is 0. The number of pyridine rings is 1. The molecular formula is C18H19F3N2O2. The molecule has 134 valence electrons. The van der Waals surface area contributed by atoms with Crippen LogP contribution in [0.15, 0.2) is 53.5 Å². The first-order valence-corrected chi connectivity index (χ1v) is 7.94. The van der Waals surface area contributed by atoms with Gasteiger partial charge in [-0.2, -0.15) is 13.2 Å². The van der Waals surface area contributed by atoms with Gasteiger partial charge in [-0.05, 0) is 24.1 Å². The second-order valence-electron chi connectivity index (χ2n) is 5.67. The van der Waals surface area contributed by atoms with Crippen LogP contribution in [-0.4, -0.2) is 10.5 Å². The van der Waals surface area contributed by atoms with Gasteiger partial charge in [0.2, 0.25) is 5.91 Å². The van der Waals surface area contributed by atoms with Gasteiger partial charge in [-0.15, -0.1) is 0 Å². The molecule has 1 aromatic heterocycles. The first-order chi connectivity index (χ1) is 11.8. The summed E-state index contributed by atoms with van der Waals surface area (Å²) in [5.74, 6) is -0.510. The van der Waals surface area contributed by atoms with Crippen LogP contribution in [-0.2, 0) is 17.5 Å². The van der Waals surface area contributed by atoms with Gasteiger partial charge in [0.1, 0.15) is 12.1 Å². The summed E-state index contributed by atoms with van der Waals surface area (Å²) in [5.41, 5.74) is -1.60. The van der Waals surface area contributed by atoms with Gasteiger partial charge in [-0.1, -0.05) is 43.7 Å². The second kappa shape index (κ2) is 8.00. The number of benzene rings is 1. The monoisotopic (exact) mass is 352 g/mol. The minimum atomic E-state index is -4.74. The molecule has 1 heterocycles. The van der Waals surface area contributed by atoms with E-state index < -0.39 is 29.8 Å². The molecule has 2 aromatic rings. The number of alkyl halides is 3. The van der Waals surface area contributed by atoms with Crippen molar-refractivity contribution >= 4 is 5.91 Å².